The molecule has 110 valence electrons. The predicted molar refractivity (Wildman–Crippen MR) is 84.9 cm³/mol. The lowest BCUT2D eigenvalue weighted by Crippen LogP contribution is -2.37. The maximum Gasteiger partial charge on any atom is 0.178 e. The Labute approximate surface area is 131 Å². The molecule has 0 spiro atoms. The Balaban J connectivity index is 1.89. The fourth-order valence-electron chi connectivity index (χ4n) is 2.85. The smallest absolute Gasteiger partial charge is 0.178 e. The Hall–Kier alpha value is -0.570. The molecule has 1 saturated heterocycles. The number of carbonyl (C=O) groups is 1. The van der Waals surface area contributed by atoms with Crippen molar-refractivity contribution in [3.8, 4) is 0 Å². The van der Waals surface area contributed by atoms with E-state index in [2.05, 4.69) is 11.8 Å². The van der Waals surface area contributed by atoms with E-state index in [4.69, 9.17) is 23.2 Å². The van der Waals surface area contributed by atoms with Crippen LogP contribution in [0.15, 0.2) is 18.2 Å². The summed E-state index contributed by atoms with van der Waals surface area (Å²) in [5, 5.41) is 1.01. The summed E-state index contributed by atoms with van der Waals surface area (Å²) < 4.78 is 0. The van der Waals surface area contributed by atoms with Crippen molar-refractivity contribution in [1.82, 2.24) is 4.90 Å². The zero-order valence-electron chi connectivity index (χ0n) is 11.9. The molecule has 0 bridgehead atoms. The van der Waals surface area contributed by atoms with Crippen molar-refractivity contribution in [2.75, 3.05) is 19.6 Å². The standard InChI is InChI=1S/C16H21Cl2NO/c1-2-3-12-6-8-19(9-7-12)11-16(20)14-5-4-13(17)10-15(14)18/h4-5,10,12H,2-3,6-9,11H2,1H3. The Bertz CT molecular complexity index is 468. The second-order valence-electron chi connectivity index (χ2n) is 5.56. The number of nitrogens with zero attached hydrogens (tertiary/aromatic N) is 1. The highest BCUT2D eigenvalue weighted by Crippen LogP contribution is 2.24. The molecule has 20 heavy (non-hydrogen) atoms. The lowest BCUT2D eigenvalue weighted by molar-refractivity contribution is 0.0893. The molecule has 1 fully saturated rings. The third-order valence-corrected chi connectivity index (χ3v) is 4.55. The average molecular weight is 314 g/mol. The minimum atomic E-state index is 0.0839. The number of carbonyl (C=O) groups excluding carboxylic acids is 1. The molecule has 0 saturated carbocycles. The highest BCUT2D eigenvalue weighted by Gasteiger charge is 2.21. The number of rotatable bonds is 5. The van der Waals surface area contributed by atoms with Crippen LogP contribution in [0.4, 0.5) is 0 Å². The SMILES string of the molecule is CCCC1CCN(CC(=O)c2ccc(Cl)cc2Cl)CC1. The normalized spacial score (nSPS) is 17.4. The van der Waals surface area contributed by atoms with Crippen LogP contribution in [0.25, 0.3) is 0 Å². The first-order valence-electron chi connectivity index (χ1n) is 7.30. The van der Waals surface area contributed by atoms with E-state index in [0.717, 1.165) is 19.0 Å². The molecule has 1 aliphatic rings. The molecule has 1 aliphatic heterocycles. The quantitative estimate of drug-likeness (QED) is 0.735. The van der Waals surface area contributed by atoms with E-state index in [1.54, 1.807) is 18.2 Å². The van der Waals surface area contributed by atoms with Crippen molar-refractivity contribution in [2.24, 2.45) is 5.92 Å². The number of halogens is 2. The Morgan fingerprint density at radius 2 is 2.00 bits per heavy atom. The van der Waals surface area contributed by atoms with Gasteiger partial charge in [-0.2, -0.15) is 0 Å². The van der Waals surface area contributed by atoms with E-state index in [1.807, 2.05) is 0 Å². The van der Waals surface area contributed by atoms with Gasteiger partial charge in [0.15, 0.2) is 5.78 Å². The number of hydrogen-bond acceptors (Lipinski definition) is 2. The van der Waals surface area contributed by atoms with Crippen molar-refractivity contribution < 1.29 is 4.79 Å². The molecule has 2 rings (SSSR count). The molecule has 0 amide bonds. The summed E-state index contributed by atoms with van der Waals surface area (Å²) >= 11 is 11.9. The van der Waals surface area contributed by atoms with E-state index in [-0.39, 0.29) is 5.78 Å². The lowest BCUT2D eigenvalue weighted by Gasteiger charge is -2.31. The Morgan fingerprint density at radius 3 is 2.60 bits per heavy atom. The molecule has 0 N–H and O–H groups in total. The van der Waals surface area contributed by atoms with Crippen LogP contribution in [0.3, 0.4) is 0 Å². The largest absolute Gasteiger partial charge is 0.296 e. The van der Waals surface area contributed by atoms with Crippen molar-refractivity contribution in [3.63, 3.8) is 0 Å². The Kier molecular flexibility index (Phi) is 5.88. The maximum atomic E-state index is 12.3. The molecular weight excluding hydrogens is 293 g/mol. The topological polar surface area (TPSA) is 20.3 Å². The first kappa shape index (κ1) is 15.8. The second kappa shape index (κ2) is 7.44. The first-order valence-corrected chi connectivity index (χ1v) is 8.06. The zero-order valence-corrected chi connectivity index (χ0v) is 13.4. The molecule has 4 heteroatoms. The number of ketones is 1. The number of hydrogen-bond donors (Lipinski definition) is 0. The molecule has 0 aromatic heterocycles. The third kappa shape index (κ3) is 4.21. The van der Waals surface area contributed by atoms with Gasteiger partial charge in [-0.1, -0.05) is 43.0 Å². The molecule has 0 radical (unpaired) electrons. The molecule has 2 nitrogen and oxygen atoms in total. The molecule has 0 atom stereocenters. The number of likely N-dealkylation sites (tertiary alicyclic amines) is 1. The molecule has 1 aromatic carbocycles. The van der Waals surface area contributed by atoms with Crippen LogP contribution >= 0.6 is 23.2 Å². The number of piperidine rings is 1. The summed E-state index contributed by atoms with van der Waals surface area (Å²) in [6.45, 7) is 4.72. The van der Waals surface area contributed by atoms with Gasteiger partial charge in [0.2, 0.25) is 0 Å². The van der Waals surface area contributed by atoms with Gasteiger partial charge in [0.25, 0.3) is 0 Å². The Morgan fingerprint density at radius 1 is 1.30 bits per heavy atom. The van der Waals surface area contributed by atoms with Gasteiger partial charge in [-0.3, -0.25) is 9.69 Å². The van der Waals surface area contributed by atoms with Crippen molar-refractivity contribution in [3.05, 3.63) is 33.8 Å². The minimum absolute atomic E-state index is 0.0839. The third-order valence-electron chi connectivity index (χ3n) is 4.00. The molecule has 0 aliphatic carbocycles. The number of benzene rings is 1. The van der Waals surface area contributed by atoms with Crippen molar-refractivity contribution >= 4 is 29.0 Å². The zero-order chi connectivity index (χ0) is 14.5. The highest BCUT2D eigenvalue weighted by molar-refractivity contribution is 6.36. The van der Waals surface area contributed by atoms with E-state index in [9.17, 15) is 4.79 Å². The summed E-state index contributed by atoms with van der Waals surface area (Å²) in [5.74, 6) is 0.922. The molecule has 1 heterocycles. The van der Waals surface area contributed by atoms with Crippen molar-refractivity contribution in [1.29, 1.82) is 0 Å². The monoisotopic (exact) mass is 313 g/mol. The van der Waals surface area contributed by atoms with Gasteiger partial charge in [-0.15, -0.1) is 0 Å². The summed E-state index contributed by atoms with van der Waals surface area (Å²) in [6.07, 6.45) is 4.97. The van der Waals surface area contributed by atoms with Crippen LogP contribution in [-0.2, 0) is 0 Å². The highest BCUT2D eigenvalue weighted by atomic mass is 35.5. The maximum absolute atomic E-state index is 12.3. The molecule has 0 unspecified atom stereocenters. The second-order valence-corrected chi connectivity index (χ2v) is 6.40. The van der Waals surface area contributed by atoms with Gasteiger partial charge >= 0.3 is 0 Å². The van der Waals surface area contributed by atoms with Crippen LogP contribution in [0.2, 0.25) is 10.0 Å². The van der Waals surface area contributed by atoms with E-state index in [1.165, 1.54) is 25.7 Å². The van der Waals surface area contributed by atoms with Gasteiger partial charge < -0.3 is 0 Å². The summed E-state index contributed by atoms with van der Waals surface area (Å²) in [7, 11) is 0. The lowest BCUT2D eigenvalue weighted by atomic mass is 9.92. The fourth-order valence-corrected chi connectivity index (χ4v) is 3.36. The van der Waals surface area contributed by atoms with Gasteiger partial charge in [0, 0.05) is 10.6 Å². The molecule has 1 aromatic rings. The van der Waals surface area contributed by atoms with Crippen LogP contribution in [0.5, 0.6) is 0 Å². The molecular formula is C16H21Cl2NO. The van der Waals surface area contributed by atoms with Crippen LogP contribution in [-0.4, -0.2) is 30.3 Å². The first-order chi connectivity index (χ1) is 9.60. The number of Topliss-reactive ketones (excluding diaryl/α,β-unsaturated/α-hetero) is 1. The predicted octanol–water partition coefficient (Wildman–Crippen LogP) is 4.69. The van der Waals surface area contributed by atoms with Gasteiger partial charge in [0.05, 0.1) is 11.6 Å². The van der Waals surface area contributed by atoms with Gasteiger partial charge in [-0.05, 0) is 50.0 Å². The summed E-state index contributed by atoms with van der Waals surface area (Å²) in [6, 6.07) is 5.06. The summed E-state index contributed by atoms with van der Waals surface area (Å²) in [5.41, 5.74) is 0.576. The minimum Gasteiger partial charge on any atom is -0.296 e. The average Bonchev–Trinajstić information content (AvgIpc) is 2.41. The van der Waals surface area contributed by atoms with Crippen LogP contribution in [0.1, 0.15) is 43.0 Å². The fraction of sp³-hybridized carbons (Fsp3) is 0.562. The van der Waals surface area contributed by atoms with E-state index in [0.29, 0.717) is 22.2 Å². The van der Waals surface area contributed by atoms with Crippen LogP contribution < -0.4 is 0 Å². The van der Waals surface area contributed by atoms with E-state index >= 15 is 0 Å². The van der Waals surface area contributed by atoms with Gasteiger partial charge in [0.1, 0.15) is 0 Å². The van der Waals surface area contributed by atoms with Crippen molar-refractivity contribution in [2.45, 2.75) is 32.6 Å². The summed E-state index contributed by atoms with van der Waals surface area (Å²) in [4.78, 5) is 14.5. The van der Waals surface area contributed by atoms with Crippen LogP contribution in [0, 0.1) is 5.92 Å². The van der Waals surface area contributed by atoms with Gasteiger partial charge in [-0.25, -0.2) is 0 Å². The van der Waals surface area contributed by atoms with E-state index < -0.39 is 0 Å².